The summed E-state index contributed by atoms with van der Waals surface area (Å²) in [5.74, 6) is -0.426. The Kier molecular flexibility index (Phi) is 5.95. The molecule has 2 N–H and O–H groups in total. The summed E-state index contributed by atoms with van der Waals surface area (Å²) in [5.41, 5.74) is 0.370. The van der Waals surface area contributed by atoms with Crippen LogP contribution in [0.15, 0.2) is 30.3 Å². The van der Waals surface area contributed by atoms with Gasteiger partial charge in [-0.3, -0.25) is 4.79 Å². The molecule has 0 aromatic heterocycles. The van der Waals surface area contributed by atoms with E-state index in [0.717, 1.165) is 0 Å². The van der Waals surface area contributed by atoms with Gasteiger partial charge >= 0.3 is 6.61 Å². The number of para-hydroxylation sites is 1. The fraction of sp³-hybridized carbons (Fsp3) is 0.308. The lowest BCUT2D eigenvalue weighted by Gasteiger charge is -2.09. The van der Waals surface area contributed by atoms with Crippen LogP contribution in [0.25, 0.3) is 6.08 Å². The Labute approximate surface area is 109 Å². The molecule has 0 saturated carbocycles. The predicted molar refractivity (Wildman–Crippen MR) is 66.8 cm³/mol. The van der Waals surface area contributed by atoms with Gasteiger partial charge in [0.2, 0.25) is 5.91 Å². The van der Waals surface area contributed by atoms with Crippen molar-refractivity contribution in [1.29, 1.82) is 0 Å². The van der Waals surface area contributed by atoms with E-state index >= 15 is 0 Å². The zero-order chi connectivity index (χ0) is 14.3. The van der Waals surface area contributed by atoms with Gasteiger partial charge < -0.3 is 15.2 Å². The highest BCUT2D eigenvalue weighted by Gasteiger charge is 2.07. The number of amides is 1. The molecule has 4 nitrogen and oxygen atoms in total. The van der Waals surface area contributed by atoms with Gasteiger partial charge in [-0.25, -0.2) is 0 Å². The Morgan fingerprint density at radius 1 is 1.47 bits per heavy atom. The first-order valence-electron chi connectivity index (χ1n) is 5.66. The molecule has 0 fully saturated rings. The molecule has 0 aliphatic rings. The van der Waals surface area contributed by atoms with Crippen LogP contribution >= 0.6 is 0 Å². The van der Waals surface area contributed by atoms with E-state index in [1.807, 2.05) is 0 Å². The third kappa shape index (κ3) is 5.48. The van der Waals surface area contributed by atoms with Gasteiger partial charge in [0.05, 0.1) is 6.61 Å². The molecule has 0 radical (unpaired) electrons. The Bertz CT molecular complexity index is 449. The van der Waals surface area contributed by atoms with E-state index in [9.17, 15) is 13.6 Å². The number of alkyl halides is 2. The molecule has 0 aliphatic heterocycles. The summed E-state index contributed by atoms with van der Waals surface area (Å²) in [5, 5.41) is 11.3. The predicted octanol–water partition coefficient (Wildman–Crippen LogP) is 1.80. The minimum Gasteiger partial charge on any atom is -0.434 e. The molecule has 1 amide bonds. The third-order valence-electron chi connectivity index (χ3n) is 2.21. The summed E-state index contributed by atoms with van der Waals surface area (Å²) < 4.78 is 28.7. The van der Waals surface area contributed by atoms with Gasteiger partial charge in [0.25, 0.3) is 0 Å². The lowest BCUT2D eigenvalue weighted by Crippen LogP contribution is -2.33. The number of nitrogens with one attached hydrogen (secondary N) is 1. The van der Waals surface area contributed by atoms with E-state index in [2.05, 4.69) is 10.1 Å². The summed E-state index contributed by atoms with van der Waals surface area (Å²) in [4.78, 5) is 11.4. The van der Waals surface area contributed by atoms with Crippen molar-refractivity contribution < 1.29 is 23.4 Å². The number of hydrogen-bond donors (Lipinski definition) is 2. The van der Waals surface area contributed by atoms with E-state index in [4.69, 9.17) is 5.11 Å². The highest BCUT2D eigenvalue weighted by molar-refractivity contribution is 5.92. The largest absolute Gasteiger partial charge is 0.434 e. The summed E-state index contributed by atoms with van der Waals surface area (Å²) in [7, 11) is 0. The Hall–Kier alpha value is -1.95. The van der Waals surface area contributed by atoms with Gasteiger partial charge in [-0.2, -0.15) is 8.78 Å². The second kappa shape index (κ2) is 7.48. The number of hydrogen-bond acceptors (Lipinski definition) is 3. The number of rotatable bonds is 6. The minimum absolute atomic E-state index is 0.00300. The number of aliphatic hydroxyl groups is 1. The lowest BCUT2D eigenvalue weighted by atomic mass is 10.2. The van der Waals surface area contributed by atoms with Gasteiger partial charge in [0.15, 0.2) is 0 Å². The molecule has 0 heterocycles. The molecule has 104 valence electrons. The zero-order valence-corrected chi connectivity index (χ0v) is 10.3. The van der Waals surface area contributed by atoms with Crippen molar-refractivity contribution in [2.75, 3.05) is 6.61 Å². The van der Waals surface area contributed by atoms with E-state index in [1.165, 1.54) is 18.2 Å². The molecular formula is C13H15F2NO3. The van der Waals surface area contributed by atoms with Crippen molar-refractivity contribution in [3.05, 3.63) is 35.9 Å². The number of halogens is 2. The van der Waals surface area contributed by atoms with Crippen molar-refractivity contribution >= 4 is 12.0 Å². The van der Waals surface area contributed by atoms with Gasteiger partial charge in [0, 0.05) is 17.7 Å². The van der Waals surface area contributed by atoms with Crippen LogP contribution in [0.5, 0.6) is 5.75 Å². The van der Waals surface area contributed by atoms with E-state index in [1.54, 1.807) is 25.1 Å². The monoisotopic (exact) mass is 271 g/mol. The topological polar surface area (TPSA) is 58.6 Å². The molecule has 1 aromatic carbocycles. The molecule has 1 unspecified atom stereocenters. The molecule has 0 bridgehead atoms. The Morgan fingerprint density at radius 3 is 2.79 bits per heavy atom. The van der Waals surface area contributed by atoms with Crippen LogP contribution in [-0.4, -0.2) is 30.3 Å². The highest BCUT2D eigenvalue weighted by atomic mass is 19.3. The molecule has 1 atom stereocenters. The smallest absolute Gasteiger partial charge is 0.387 e. The average molecular weight is 271 g/mol. The molecule has 6 heteroatoms. The molecule has 1 aromatic rings. The number of aliphatic hydroxyl groups excluding tert-OH is 1. The number of carbonyl (C=O) groups is 1. The van der Waals surface area contributed by atoms with Crippen molar-refractivity contribution in [3.63, 3.8) is 0 Å². The van der Waals surface area contributed by atoms with Crippen LogP contribution in [-0.2, 0) is 4.79 Å². The quantitative estimate of drug-likeness (QED) is 0.776. The van der Waals surface area contributed by atoms with E-state index < -0.39 is 12.5 Å². The van der Waals surface area contributed by atoms with Crippen LogP contribution in [0.2, 0.25) is 0 Å². The maximum Gasteiger partial charge on any atom is 0.387 e. The molecule has 0 spiro atoms. The third-order valence-corrected chi connectivity index (χ3v) is 2.21. The van der Waals surface area contributed by atoms with Crippen LogP contribution in [0.3, 0.4) is 0 Å². The van der Waals surface area contributed by atoms with Crippen molar-refractivity contribution in [2.24, 2.45) is 0 Å². The molecule has 0 saturated heterocycles. The number of carbonyl (C=O) groups excluding carboxylic acids is 1. The standard InChI is InChI=1S/C13H15F2NO3/c1-9(8-17)16-12(18)7-6-10-4-2-3-5-11(10)19-13(14)15/h2-7,9,13,17H,8H2,1H3,(H,16,18)/b7-6+. The lowest BCUT2D eigenvalue weighted by molar-refractivity contribution is -0.117. The second-order valence-electron chi connectivity index (χ2n) is 3.84. The van der Waals surface area contributed by atoms with Gasteiger partial charge in [-0.1, -0.05) is 18.2 Å². The fourth-order valence-corrected chi connectivity index (χ4v) is 1.32. The first-order chi connectivity index (χ1) is 9.02. The van der Waals surface area contributed by atoms with Crippen LogP contribution in [0.4, 0.5) is 8.78 Å². The molecule has 19 heavy (non-hydrogen) atoms. The van der Waals surface area contributed by atoms with Crippen molar-refractivity contribution in [1.82, 2.24) is 5.32 Å². The van der Waals surface area contributed by atoms with Gasteiger partial charge in [0.1, 0.15) is 5.75 Å². The maximum atomic E-state index is 12.2. The van der Waals surface area contributed by atoms with Crippen LogP contribution in [0, 0.1) is 0 Å². The summed E-state index contributed by atoms with van der Waals surface area (Å²) in [6.07, 6.45) is 2.57. The SMILES string of the molecule is CC(CO)NC(=O)/C=C/c1ccccc1OC(F)F. The van der Waals surface area contributed by atoms with Gasteiger partial charge in [-0.05, 0) is 19.1 Å². The van der Waals surface area contributed by atoms with Crippen molar-refractivity contribution in [3.8, 4) is 5.75 Å². The minimum atomic E-state index is -2.92. The van der Waals surface area contributed by atoms with Crippen LogP contribution in [0.1, 0.15) is 12.5 Å². The zero-order valence-electron chi connectivity index (χ0n) is 10.3. The normalized spacial score (nSPS) is 12.7. The van der Waals surface area contributed by atoms with E-state index in [-0.39, 0.29) is 18.4 Å². The fourth-order valence-electron chi connectivity index (χ4n) is 1.32. The molecule has 0 aliphatic carbocycles. The van der Waals surface area contributed by atoms with Gasteiger partial charge in [-0.15, -0.1) is 0 Å². The second-order valence-corrected chi connectivity index (χ2v) is 3.84. The summed E-state index contributed by atoms with van der Waals surface area (Å²) >= 11 is 0. The highest BCUT2D eigenvalue weighted by Crippen LogP contribution is 2.21. The van der Waals surface area contributed by atoms with E-state index in [0.29, 0.717) is 5.56 Å². The average Bonchev–Trinajstić information content (AvgIpc) is 2.37. The Morgan fingerprint density at radius 2 is 2.16 bits per heavy atom. The maximum absolute atomic E-state index is 12.2. The summed E-state index contributed by atoms with van der Waals surface area (Å²) in [6, 6.07) is 5.77. The summed E-state index contributed by atoms with van der Waals surface area (Å²) in [6.45, 7) is -1.46. The van der Waals surface area contributed by atoms with Crippen LogP contribution < -0.4 is 10.1 Å². The number of benzene rings is 1. The first-order valence-corrected chi connectivity index (χ1v) is 5.66. The molecule has 1 rings (SSSR count). The van der Waals surface area contributed by atoms with Crippen molar-refractivity contribution in [2.45, 2.75) is 19.6 Å². The molecular weight excluding hydrogens is 256 g/mol. The number of ether oxygens (including phenoxy) is 1. The Balaban J connectivity index is 2.73. The first kappa shape index (κ1) is 15.1.